The Bertz CT molecular complexity index is 437. The van der Waals surface area contributed by atoms with E-state index in [1.165, 1.54) is 6.07 Å². The lowest BCUT2D eigenvalue weighted by Gasteiger charge is -2.07. The minimum atomic E-state index is -0.650. The highest BCUT2D eigenvalue weighted by molar-refractivity contribution is 6.64. The summed E-state index contributed by atoms with van der Waals surface area (Å²) in [6.07, 6.45) is 0. The summed E-state index contributed by atoms with van der Waals surface area (Å²) >= 11 is 16.6. The minimum Gasteiger partial charge on any atom is -0.482 e. The quantitative estimate of drug-likeness (QED) is 0.848. The maximum Gasteiger partial charge on any atom is 0.258 e. The third kappa shape index (κ3) is 5.26. The normalized spacial score (nSPS) is 9.82. The van der Waals surface area contributed by atoms with Crippen molar-refractivity contribution in [2.45, 2.75) is 0 Å². The van der Waals surface area contributed by atoms with E-state index in [4.69, 9.17) is 39.5 Å². The van der Waals surface area contributed by atoms with E-state index in [0.29, 0.717) is 15.8 Å². The van der Waals surface area contributed by atoms with Gasteiger partial charge in [0.15, 0.2) is 6.61 Å². The zero-order valence-corrected chi connectivity index (χ0v) is 10.8. The molecule has 0 aromatic heterocycles. The smallest absolute Gasteiger partial charge is 0.258 e. The molecule has 0 unspecified atom stereocenters. The Morgan fingerprint density at radius 3 is 2.59 bits per heavy atom. The van der Waals surface area contributed by atoms with Crippen molar-refractivity contribution in [2.75, 3.05) is 13.2 Å². The monoisotopic (exact) mass is 295 g/mol. The molecule has 0 bridgehead atoms. The number of benzene rings is 1. The molecule has 0 aliphatic carbocycles. The molecule has 92 valence electrons. The summed E-state index contributed by atoms with van der Waals surface area (Å²) in [5, 5.41) is 2.39. The van der Waals surface area contributed by atoms with Gasteiger partial charge in [0.2, 0.25) is 5.24 Å². The number of hydrogen-bond acceptors (Lipinski definition) is 3. The van der Waals surface area contributed by atoms with Crippen molar-refractivity contribution in [1.82, 2.24) is 5.32 Å². The Labute approximate surface area is 113 Å². The van der Waals surface area contributed by atoms with Crippen LogP contribution >= 0.6 is 34.8 Å². The second-order valence-electron chi connectivity index (χ2n) is 3.00. The first-order valence-electron chi connectivity index (χ1n) is 4.52. The van der Waals surface area contributed by atoms with E-state index in [0.717, 1.165) is 0 Å². The predicted octanol–water partition coefficient (Wildman–Crippen LogP) is 2.25. The van der Waals surface area contributed by atoms with E-state index in [9.17, 15) is 9.59 Å². The van der Waals surface area contributed by atoms with Gasteiger partial charge >= 0.3 is 0 Å². The van der Waals surface area contributed by atoms with Gasteiger partial charge in [-0.2, -0.15) is 0 Å². The molecule has 0 saturated carbocycles. The minimum absolute atomic E-state index is 0.238. The highest BCUT2D eigenvalue weighted by Crippen LogP contribution is 2.27. The van der Waals surface area contributed by atoms with Gasteiger partial charge in [-0.3, -0.25) is 9.59 Å². The maximum absolute atomic E-state index is 11.2. The summed E-state index contributed by atoms with van der Waals surface area (Å²) in [7, 11) is 0. The second-order valence-corrected chi connectivity index (χ2v) is 4.26. The maximum atomic E-state index is 11.2. The molecule has 1 aromatic carbocycles. The highest BCUT2D eigenvalue weighted by Gasteiger charge is 2.07. The van der Waals surface area contributed by atoms with Crippen LogP contribution in [-0.2, 0) is 9.59 Å². The summed E-state index contributed by atoms with van der Waals surface area (Å²) in [6.45, 7) is -0.496. The van der Waals surface area contributed by atoms with Crippen molar-refractivity contribution in [3.05, 3.63) is 28.2 Å². The van der Waals surface area contributed by atoms with Gasteiger partial charge in [-0.05, 0) is 29.8 Å². The second kappa shape index (κ2) is 6.69. The van der Waals surface area contributed by atoms with Crippen LogP contribution in [0, 0.1) is 0 Å². The highest BCUT2D eigenvalue weighted by atomic mass is 35.5. The van der Waals surface area contributed by atoms with Gasteiger partial charge in [0.05, 0.1) is 11.6 Å². The topological polar surface area (TPSA) is 55.4 Å². The van der Waals surface area contributed by atoms with Crippen LogP contribution in [0.25, 0.3) is 0 Å². The Morgan fingerprint density at radius 2 is 2.00 bits per heavy atom. The van der Waals surface area contributed by atoms with Gasteiger partial charge in [0.25, 0.3) is 5.91 Å². The van der Waals surface area contributed by atoms with Gasteiger partial charge in [-0.25, -0.2) is 0 Å². The summed E-state index contributed by atoms with van der Waals surface area (Å²) < 4.78 is 5.13. The molecule has 0 spiro atoms. The van der Waals surface area contributed by atoms with Crippen molar-refractivity contribution in [3.8, 4) is 5.75 Å². The number of nitrogens with one attached hydrogen (secondary N) is 1. The molecule has 7 heteroatoms. The lowest BCUT2D eigenvalue weighted by atomic mass is 10.3. The van der Waals surface area contributed by atoms with Crippen molar-refractivity contribution in [3.63, 3.8) is 0 Å². The van der Waals surface area contributed by atoms with Crippen LogP contribution in [0.2, 0.25) is 10.0 Å². The molecule has 1 amide bonds. The van der Waals surface area contributed by atoms with E-state index in [2.05, 4.69) is 5.32 Å². The van der Waals surface area contributed by atoms with Crippen molar-refractivity contribution in [2.24, 2.45) is 0 Å². The van der Waals surface area contributed by atoms with E-state index >= 15 is 0 Å². The number of hydrogen-bond donors (Lipinski definition) is 1. The van der Waals surface area contributed by atoms with Crippen LogP contribution in [0.3, 0.4) is 0 Å². The molecular formula is C10H8Cl3NO3. The van der Waals surface area contributed by atoms with Gasteiger partial charge < -0.3 is 10.1 Å². The number of rotatable bonds is 5. The summed E-state index contributed by atoms with van der Waals surface area (Å²) in [4.78, 5) is 21.6. The van der Waals surface area contributed by atoms with E-state index in [-0.39, 0.29) is 13.2 Å². The molecule has 0 radical (unpaired) electrons. The number of carbonyl (C=O) groups excluding carboxylic acids is 2. The molecule has 4 nitrogen and oxygen atoms in total. The van der Waals surface area contributed by atoms with E-state index in [1.54, 1.807) is 12.1 Å². The third-order valence-corrected chi connectivity index (χ3v) is 2.34. The Hall–Kier alpha value is -0.970. The molecule has 0 saturated heterocycles. The van der Waals surface area contributed by atoms with Crippen LogP contribution in [0.15, 0.2) is 18.2 Å². The number of halogens is 3. The number of ether oxygens (including phenoxy) is 1. The molecule has 0 aliphatic heterocycles. The third-order valence-electron chi connectivity index (χ3n) is 1.68. The lowest BCUT2D eigenvalue weighted by molar-refractivity contribution is -0.124. The van der Waals surface area contributed by atoms with Crippen LogP contribution < -0.4 is 10.1 Å². The SMILES string of the molecule is O=C(Cl)CNC(=O)COc1ccc(Cl)cc1Cl. The number of carbonyl (C=O) groups is 2. The average molecular weight is 297 g/mol. The fourth-order valence-electron chi connectivity index (χ4n) is 0.955. The van der Waals surface area contributed by atoms with Crippen molar-refractivity contribution >= 4 is 46.0 Å². The van der Waals surface area contributed by atoms with Gasteiger partial charge in [0.1, 0.15) is 5.75 Å². The molecule has 0 heterocycles. The standard InChI is InChI=1S/C10H8Cl3NO3/c11-6-1-2-8(7(12)3-6)17-5-10(16)14-4-9(13)15/h1-3H,4-5H2,(H,14,16). The molecule has 0 fully saturated rings. The van der Waals surface area contributed by atoms with E-state index in [1.807, 2.05) is 0 Å². The fraction of sp³-hybridized carbons (Fsp3) is 0.200. The molecule has 17 heavy (non-hydrogen) atoms. The zero-order valence-electron chi connectivity index (χ0n) is 8.50. The molecule has 1 N–H and O–H groups in total. The largest absolute Gasteiger partial charge is 0.482 e. The van der Waals surface area contributed by atoms with Crippen LogP contribution in [0.4, 0.5) is 0 Å². The number of amides is 1. The van der Waals surface area contributed by atoms with Crippen molar-refractivity contribution in [1.29, 1.82) is 0 Å². The zero-order chi connectivity index (χ0) is 12.8. The van der Waals surface area contributed by atoms with Crippen LogP contribution in [0.1, 0.15) is 0 Å². The molecule has 0 atom stereocenters. The molecule has 1 rings (SSSR count). The van der Waals surface area contributed by atoms with Gasteiger partial charge in [-0.15, -0.1) is 0 Å². The summed E-state index contributed by atoms with van der Waals surface area (Å²) in [5.74, 6) is -0.131. The molecular weight excluding hydrogens is 288 g/mol. The first kappa shape index (κ1) is 14.1. The average Bonchev–Trinajstić information content (AvgIpc) is 2.25. The van der Waals surface area contributed by atoms with Crippen molar-refractivity contribution < 1.29 is 14.3 Å². The van der Waals surface area contributed by atoms with Gasteiger partial charge in [0, 0.05) is 5.02 Å². The summed E-state index contributed by atoms with van der Waals surface area (Å²) in [5.41, 5.74) is 0. The van der Waals surface area contributed by atoms with Gasteiger partial charge in [-0.1, -0.05) is 23.2 Å². The Morgan fingerprint density at radius 1 is 1.29 bits per heavy atom. The first-order chi connectivity index (χ1) is 7.99. The lowest BCUT2D eigenvalue weighted by Crippen LogP contribution is -2.31. The van der Waals surface area contributed by atoms with E-state index < -0.39 is 11.1 Å². The fourth-order valence-corrected chi connectivity index (χ4v) is 1.48. The Balaban J connectivity index is 2.44. The van der Waals surface area contributed by atoms with Crippen LogP contribution in [-0.4, -0.2) is 24.3 Å². The first-order valence-corrected chi connectivity index (χ1v) is 5.65. The predicted molar refractivity (Wildman–Crippen MR) is 65.8 cm³/mol. The summed E-state index contributed by atoms with van der Waals surface area (Å²) in [6, 6.07) is 4.63. The Kier molecular flexibility index (Phi) is 5.55. The molecule has 1 aromatic rings. The molecule has 0 aliphatic rings. The van der Waals surface area contributed by atoms with Crippen LogP contribution in [0.5, 0.6) is 5.75 Å².